The molecule has 0 spiro atoms. The molecule has 8 nitrogen and oxygen atoms in total. The quantitative estimate of drug-likeness (QED) is 0.451. The van der Waals surface area contributed by atoms with Crippen molar-refractivity contribution in [3.05, 3.63) is 48.0 Å². The van der Waals surface area contributed by atoms with Gasteiger partial charge in [-0.15, -0.1) is 0 Å². The van der Waals surface area contributed by atoms with Gasteiger partial charge in [0.05, 0.1) is 22.2 Å². The van der Waals surface area contributed by atoms with E-state index in [9.17, 15) is 13.2 Å². The van der Waals surface area contributed by atoms with Crippen molar-refractivity contribution < 1.29 is 17.9 Å². The van der Waals surface area contributed by atoms with Crippen LogP contribution >= 0.6 is 11.3 Å². The summed E-state index contributed by atoms with van der Waals surface area (Å²) < 4.78 is 34.0. The molecule has 188 valence electrons. The molecule has 2 heterocycles. The Morgan fingerprint density at radius 3 is 2.57 bits per heavy atom. The van der Waals surface area contributed by atoms with E-state index in [-0.39, 0.29) is 10.8 Å². The largest absolute Gasteiger partial charge is 0.497 e. The third kappa shape index (κ3) is 5.66. The maximum absolute atomic E-state index is 13.6. The highest BCUT2D eigenvalue weighted by Gasteiger charge is 2.29. The number of fused-ring (bicyclic) bond motifs is 1. The number of carbonyl (C=O) groups is 1. The van der Waals surface area contributed by atoms with Crippen LogP contribution < -0.4 is 9.64 Å². The molecule has 1 saturated heterocycles. The first-order valence-corrected chi connectivity index (χ1v) is 14.0. The van der Waals surface area contributed by atoms with Crippen LogP contribution in [0.2, 0.25) is 0 Å². The molecule has 3 aromatic rings. The number of carbonyl (C=O) groups excluding carboxylic acids is 1. The van der Waals surface area contributed by atoms with Crippen molar-refractivity contribution >= 4 is 42.6 Å². The lowest BCUT2D eigenvalue weighted by molar-refractivity contribution is 0.0985. The highest BCUT2D eigenvalue weighted by atomic mass is 32.2. The second kappa shape index (κ2) is 10.6. The SMILES string of the molecule is COc1ccc2sc(N(CCN(C)C)C(=O)c3ccc(S(=O)(=O)N4CCCC(C)C4)cc3)nc2c1. The molecule has 1 atom stereocenters. The van der Waals surface area contributed by atoms with Crippen molar-refractivity contribution in [1.29, 1.82) is 0 Å². The van der Waals surface area contributed by atoms with E-state index in [1.54, 1.807) is 28.4 Å². The van der Waals surface area contributed by atoms with Crippen LogP contribution in [0.25, 0.3) is 10.2 Å². The molecule has 10 heteroatoms. The second-order valence-electron chi connectivity index (χ2n) is 9.22. The van der Waals surface area contributed by atoms with Gasteiger partial charge in [0.15, 0.2) is 5.13 Å². The van der Waals surface area contributed by atoms with Gasteiger partial charge in [0.1, 0.15) is 5.75 Å². The van der Waals surface area contributed by atoms with E-state index in [4.69, 9.17) is 9.72 Å². The molecule has 1 aliphatic rings. The summed E-state index contributed by atoms with van der Waals surface area (Å²) in [6, 6.07) is 11.9. The van der Waals surface area contributed by atoms with Gasteiger partial charge in [0.2, 0.25) is 10.0 Å². The van der Waals surface area contributed by atoms with Gasteiger partial charge in [-0.2, -0.15) is 4.31 Å². The minimum absolute atomic E-state index is 0.214. The molecule has 1 unspecified atom stereocenters. The Bertz CT molecular complexity index is 1290. The molecule has 0 N–H and O–H groups in total. The first kappa shape index (κ1) is 25.6. The zero-order chi connectivity index (χ0) is 25.2. The topological polar surface area (TPSA) is 83.0 Å². The lowest BCUT2D eigenvalue weighted by atomic mass is 10.0. The van der Waals surface area contributed by atoms with Crippen molar-refractivity contribution in [3.63, 3.8) is 0 Å². The number of amides is 1. The molecule has 4 rings (SSSR count). The van der Waals surface area contributed by atoms with Crippen molar-refractivity contribution in [2.75, 3.05) is 52.3 Å². The van der Waals surface area contributed by atoms with Crippen molar-refractivity contribution in [1.82, 2.24) is 14.2 Å². The zero-order valence-electron chi connectivity index (χ0n) is 20.6. The highest BCUT2D eigenvalue weighted by Crippen LogP contribution is 2.32. The minimum Gasteiger partial charge on any atom is -0.497 e. The Labute approximate surface area is 211 Å². The monoisotopic (exact) mass is 516 g/mol. The van der Waals surface area contributed by atoms with Crippen LogP contribution in [0.5, 0.6) is 5.75 Å². The lowest BCUT2D eigenvalue weighted by Gasteiger charge is -2.30. The molecule has 0 aliphatic carbocycles. The third-order valence-corrected chi connectivity index (χ3v) is 9.13. The number of hydrogen-bond donors (Lipinski definition) is 0. The van der Waals surface area contributed by atoms with E-state index in [0.717, 1.165) is 23.1 Å². The van der Waals surface area contributed by atoms with Crippen LogP contribution in [0.15, 0.2) is 47.4 Å². The average molecular weight is 517 g/mol. The van der Waals surface area contributed by atoms with Gasteiger partial charge >= 0.3 is 0 Å². The van der Waals surface area contributed by atoms with Crippen LogP contribution in [0, 0.1) is 5.92 Å². The molecule has 0 radical (unpaired) electrons. The van der Waals surface area contributed by atoms with E-state index >= 15 is 0 Å². The van der Waals surface area contributed by atoms with E-state index < -0.39 is 10.0 Å². The number of piperidine rings is 1. The number of sulfonamides is 1. The fourth-order valence-corrected chi connectivity index (χ4v) is 6.73. The summed E-state index contributed by atoms with van der Waals surface area (Å²) in [5, 5.41) is 0.596. The Morgan fingerprint density at radius 1 is 1.17 bits per heavy atom. The molecule has 2 aromatic carbocycles. The van der Waals surface area contributed by atoms with Crippen molar-refractivity contribution in [3.8, 4) is 5.75 Å². The number of hydrogen-bond acceptors (Lipinski definition) is 7. The number of thiazole rings is 1. The summed E-state index contributed by atoms with van der Waals surface area (Å²) in [6.07, 6.45) is 1.91. The summed E-state index contributed by atoms with van der Waals surface area (Å²) >= 11 is 1.44. The maximum Gasteiger partial charge on any atom is 0.260 e. The number of likely N-dealkylation sites (N-methyl/N-ethyl adjacent to an activating group) is 1. The summed E-state index contributed by atoms with van der Waals surface area (Å²) in [7, 11) is 1.94. The number of ether oxygens (including phenoxy) is 1. The van der Waals surface area contributed by atoms with Crippen LogP contribution in [-0.4, -0.2) is 75.9 Å². The number of anilines is 1. The predicted molar refractivity (Wildman–Crippen MR) is 140 cm³/mol. The standard InChI is InChI=1S/C25H32N4O4S2/c1-18-6-5-13-28(17-18)35(31,32)21-10-7-19(8-11-21)24(30)29(15-14-27(2)3)25-26-22-16-20(33-4)9-12-23(22)34-25/h7-12,16,18H,5-6,13-15,17H2,1-4H3. The van der Waals surface area contributed by atoms with Crippen LogP contribution in [0.3, 0.4) is 0 Å². The van der Waals surface area contributed by atoms with Crippen LogP contribution in [-0.2, 0) is 10.0 Å². The fraction of sp³-hybridized carbons (Fsp3) is 0.440. The predicted octanol–water partition coefficient (Wildman–Crippen LogP) is 3.93. The van der Waals surface area contributed by atoms with Gasteiger partial charge in [-0.05, 0) is 69.3 Å². The van der Waals surface area contributed by atoms with Crippen molar-refractivity contribution in [2.45, 2.75) is 24.7 Å². The highest BCUT2D eigenvalue weighted by molar-refractivity contribution is 7.89. The fourth-order valence-electron chi connectivity index (χ4n) is 4.16. The van der Waals surface area contributed by atoms with Crippen LogP contribution in [0.4, 0.5) is 5.13 Å². The number of nitrogens with zero attached hydrogens (tertiary/aromatic N) is 4. The van der Waals surface area contributed by atoms with Gasteiger partial charge < -0.3 is 9.64 Å². The molecular formula is C25H32N4O4S2. The van der Waals surface area contributed by atoms with E-state index in [0.29, 0.717) is 48.5 Å². The third-order valence-electron chi connectivity index (χ3n) is 6.19. The van der Waals surface area contributed by atoms with Gasteiger partial charge in [0, 0.05) is 37.8 Å². The molecule has 35 heavy (non-hydrogen) atoms. The van der Waals surface area contributed by atoms with Gasteiger partial charge in [-0.3, -0.25) is 9.69 Å². The Kier molecular flexibility index (Phi) is 7.75. The van der Waals surface area contributed by atoms with Gasteiger partial charge in [-0.25, -0.2) is 13.4 Å². The van der Waals surface area contributed by atoms with Gasteiger partial charge in [-0.1, -0.05) is 18.3 Å². The smallest absolute Gasteiger partial charge is 0.260 e. The summed E-state index contributed by atoms with van der Waals surface area (Å²) in [5.74, 6) is 0.840. The Hall–Kier alpha value is -2.53. The van der Waals surface area contributed by atoms with E-state index in [1.807, 2.05) is 37.2 Å². The lowest BCUT2D eigenvalue weighted by Crippen LogP contribution is -2.39. The molecule has 1 amide bonds. The number of methoxy groups -OCH3 is 1. The summed E-state index contributed by atoms with van der Waals surface area (Å²) in [4.78, 5) is 22.1. The number of rotatable bonds is 8. The molecular weight excluding hydrogens is 484 g/mol. The first-order chi connectivity index (χ1) is 16.7. The first-order valence-electron chi connectivity index (χ1n) is 11.7. The Balaban J connectivity index is 1.61. The average Bonchev–Trinajstić information content (AvgIpc) is 3.26. The zero-order valence-corrected chi connectivity index (χ0v) is 22.2. The Morgan fingerprint density at radius 2 is 1.91 bits per heavy atom. The summed E-state index contributed by atoms with van der Waals surface area (Å²) in [6.45, 7) is 4.25. The van der Waals surface area contributed by atoms with Crippen LogP contribution in [0.1, 0.15) is 30.1 Å². The van der Waals surface area contributed by atoms with E-state index in [1.165, 1.54) is 23.5 Å². The van der Waals surface area contributed by atoms with Crippen molar-refractivity contribution in [2.24, 2.45) is 5.92 Å². The maximum atomic E-state index is 13.6. The normalized spacial score (nSPS) is 17.1. The van der Waals surface area contributed by atoms with E-state index in [2.05, 4.69) is 6.92 Å². The molecule has 1 aromatic heterocycles. The molecule has 1 fully saturated rings. The molecule has 0 saturated carbocycles. The van der Waals surface area contributed by atoms with Gasteiger partial charge in [0.25, 0.3) is 5.91 Å². The number of benzene rings is 2. The number of aromatic nitrogens is 1. The summed E-state index contributed by atoms with van der Waals surface area (Å²) in [5.41, 5.74) is 1.19. The minimum atomic E-state index is -3.58. The second-order valence-corrected chi connectivity index (χ2v) is 12.2. The molecule has 1 aliphatic heterocycles. The molecule has 0 bridgehead atoms.